The van der Waals surface area contributed by atoms with E-state index in [0.29, 0.717) is 30.7 Å². The highest BCUT2D eigenvalue weighted by atomic mass is 19.1. The van der Waals surface area contributed by atoms with Gasteiger partial charge >= 0.3 is 0 Å². The molecule has 0 bridgehead atoms. The number of halogens is 1. The summed E-state index contributed by atoms with van der Waals surface area (Å²) in [6.07, 6.45) is 6.42. The maximum absolute atomic E-state index is 13.1. The van der Waals surface area contributed by atoms with Gasteiger partial charge in [-0.3, -0.25) is 9.59 Å². The van der Waals surface area contributed by atoms with Crippen molar-refractivity contribution in [2.75, 3.05) is 31.1 Å². The smallest absolute Gasteiger partial charge is 0.227 e. The van der Waals surface area contributed by atoms with Crippen LogP contribution in [0.3, 0.4) is 0 Å². The molecule has 3 aliphatic heterocycles. The zero-order valence-electron chi connectivity index (χ0n) is 15.7. The normalized spacial score (nSPS) is 28.9. The van der Waals surface area contributed by atoms with Gasteiger partial charge in [-0.05, 0) is 69.0 Å². The predicted molar refractivity (Wildman–Crippen MR) is 102 cm³/mol. The Morgan fingerprint density at radius 1 is 1.11 bits per heavy atom. The van der Waals surface area contributed by atoms with E-state index in [-0.39, 0.29) is 30.0 Å². The van der Waals surface area contributed by atoms with Crippen LogP contribution in [0.2, 0.25) is 0 Å². The number of hydrogen-bond acceptors (Lipinski definition) is 3. The van der Waals surface area contributed by atoms with Gasteiger partial charge in [0.2, 0.25) is 11.8 Å². The molecule has 27 heavy (non-hydrogen) atoms. The zero-order chi connectivity index (χ0) is 18.8. The summed E-state index contributed by atoms with van der Waals surface area (Å²) in [5, 5.41) is 3.12. The van der Waals surface area contributed by atoms with Crippen LogP contribution in [0, 0.1) is 17.7 Å². The summed E-state index contributed by atoms with van der Waals surface area (Å²) in [4.78, 5) is 29.2. The van der Waals surface area contributed by atoms with E-state index in [0.717, 1.165) is 0 Å². The van der Waals surface area contributed by atoms with Crippen molar-refractivity contribution in [1.29, 1.82) is 0 Å². The van der Waals surface area contributed by atoms with Crippen molar-refractivity contribution in [2.45, 2.75) is 44.6 Å². The van der Waals surface area contributed by atoms with Crippen LogP contribution in [0.15, 0.2) is 24.3 Å². The molecule has 6 heteroatoms. The fourth-order valence-electron chi connectivity index (χ4n) is 4.95. The third kappa shape index (κ3) is 4.00. The number of carbonyl (C=O) groups excluding carboxylic acids is 2. The first-order valence-corrected chi connectivity index (χ1v) is 10.2. The highest BCUT2D eigenvalue weighted by Gasteiger charge is 2.37. The van der Waals surface area contributed by atoms with Gasteiger partial charge in [0.05, 0.1) is 5.92 Å². The van der Waals surface area contributed by atoms with Crippen LogP contribution in [-0.4, -0.2) is 48.9 Å². The van der Waals surface area contributed by atoms with Crippen LogP contribution in [0.25, 0.3) is 0 Å². The van der Waals surface area contributed by atoms with Gasteiger partial charge < -0.3 is 15.1 Å². The summed E-state index contributed by atoms with van der Waals surface area (Å²) in [6, 6.07) is 6.47. The molecule has 0 spiro atoms. The number of benzene rings is 1. The largest absolute Gasteiger partial charge is 0.355 e. The van der Waals surface area contributed by atoms with Gasteiger partial charge in [-0.25, -0.2) is 4.39 Å². The number of carbonyl (C=O) groups is 2. The minimum absolute atomic E-state index is 0.0269. The Labute approximate surface area is 159 Å². The van der Waals surface area contributed by atoms with E-state index in [1.807, 2.05) is 0 Å². The summed E-state index contributed by atoms with van der Waals surface area (Å²) < 4.78 is 13.1. The molecule has 3 heterocycles. The number of piperidine rings is 2. The number of nitrogens with one attached hydrogen (secondary N) is 1. The van der Waals surface area contributed by atoms with E-state index in [1.54, 1.807) is 17.0 Å². The summed E-state index contributed by atoms with van der Waals surface area (Å²) >= 11 is 0. The Bertz CT molecular complexity index is 691. The molecule has 0 radical (unpaired) electrons. The second kappa shape index (κ2) is 7.97. The van der Waals surface area contributed by atoms with Crippen molar-refractivity contribution in [3.63, 3.8) is 0 Å². The highest BCUT2D eigenvalue weighted by Crippen LogP contribution is 2.31. The molecule has 3 fully saturated rings. The average Bonchev–Trinajstić information content (AvgIpc) is 3.08. The van der Waals surface area contributed by atoms with Crippen LogP contribution < -0.4 is 10.2 Å². The number of nitrogens with zero attached hydrogens (tertiary/aromatic N) is 2. The maximum atomic E-state index is 13.1. The molecule has 146 valence electrons. The fourth-order valence-corrected chi connectivity index (χ4v) is 4.95. The molecule has 0 aliphatic carbocycles. The first-order chi connectivity index (χ1) is 13.1. The third-order valence-corrected chi connectivity index (χ3v) is 6.40. The standard InChI is InChI=1S/C21H28FN3O2/c22-17-6-8-18(9-7-17)25-14-16(12-20(25)26)21(27)23-13-15-4-3-11-24-10-2-1-5-19(15)24/h6-9,15-16,19H,1-5,10-14H2,(H,23,27)/t15-,16-,19-/m0/s1. The number of hydrogen-bond donors (Lipinski definition) is 1. The van der Waals surface area contributed by atoms with Crippen LogP contribution in [0.1, 0.15) is 38.5 Å². The molecule has 3 aliphatic rings. The van der Waals surface area contributed by atoms with Crippen LogP contribution >= 0.6 is 0 Å². The second-order valence-corrected chi connectivity index (χ2v) is 8.13. The SMILES string of the molecule is O=C(NC[C@@H]1CCCN2CCCC[C@@H]12)[C@H]1CC(=O)N(c2ccc(F)cc2)C1. The third-order valence-electron chi connectivity index (χ3n) is 6.40. The van der Waals surface area contributed by atoms with Crippen molar-refractivity contribution in [3.05, 3.63) is 30.1 Å². The molecule has 5 nitrogen and oxygen atoms in total. The molecular formula is C21H28FN3O2. The summed E-state index contributed by atoms with van der Waals surface area (Å²) in [5.74, 6) is -0.232. The summed E-state index contributed by atoms with van der Waals surface area (Å²) in [5.41, 5.74) is 0.654. The van der Waals surface area contributed by atoms with Gasteiger partial charge in [0.25, 0.3) is 0 Å². The number of rotatable bonds is 4. The Balaban J connectivity index is 1.32. The second-order valence-electron chi connectivity index (χ2n) is 8.13. The monoisotopic (exact) mass is 373 g/mol. The molecule has 0 unspecified atom stereocenters. The van der Waals surface area contributed by atoms with E-state index < -0.39 is 0 Å². The molecule has 1 aromatic rings. The van der Waals surface area contributed by atoms with E-state index >= 15 is 0 Å². The first-order valence-electron chi connectivity index (χ1n) is 10.2. The van der Waals surface area contributed by atoms with Gasteiger partial charge in [0.1, 0.15) is 5.82 Å². The van der Waals surface area contributed by atoms with Crippen molar-refractivity contribution in [1.82, 2.24) is 10.2 Å². The lowest BCUT2D eigenvalue weighted by Gasteiger charge is -2.44. The van der Waals surface area contributed by atoms with Gasteiger partial charge in [-0.15, -0.1) is 0 Å². The number of amides is 2. The maximum Gasteiger partial charge on any atom is 0.227 e. The minimum atomic E-state index is -0.330. The molecule has 1 aromatic carbocycles. The van der Waals surface area contributed by atoms with Crippen LogP contribution in [0.4, 0.5) is 10.1 Å². The van der Waals surface area contributed by atoms with Gasteiger partial charge in [-0.2, -0.15) is 0 Å². The Hall–Kier alpha value is -1.95. The van der Waals surface area contributed by atoms with E-state index in [2.05, 4.69) is 10.2 Å². The zero-order valence-corrected chi connectivity index (χ0v) is 15.7. The molecule has 1 N–H and O–H groups in total. The van der Waals surface area contributed by atoms with E-state index in [4.69, 9.17) is 0 Å². The lowest BCUT2D eigenvalue weighted by Crippen LogP contribution is -2.51. The fraction of sp³-hybridized carbons (Fsp3) is 0.619. The summed E-state index contributed by atoms with van der Waals surface area (Å²) in [6.45, 7) is 3.47. The lowest BCUT2D eigenvalue weighted by atomic mass is 9.83. The Morgan fingerprint density at radius 2 is 1.89 bits per heavy atom. The van der Waals surface area contributed by atoms with Crippen molar-refractivity contribution in [3.8, 4) is 0 Å². The van der Waals surface area contributed by atoms with Gasteiger partial charge in [-0.1, -0.05) is 6.42 Å². The topological polar surface area (TPSA) is 52.7 Å². The summed E-state index contributed by atoms with van der Waals surface area (Å²) in [7, 11) is 0. The van der Waals surface area contributed by atoms with Crippen molar-refractivity contribution < 1.29 is 14.0 Å². The molecule has 0 saturated carbocycles. The lowest BCUT2D eigenvalue weighted by molar-refractivity contribution is -0.126. The molecule has 3 saturated heterocycles. The van der Waals surface area contributed by atoms with Gasteiger partial charge in [0, 0.05) is 31.2 Å². The van der Waals surface area contributed by atoms with Crippen molar-refractivity contribution in [2.24, 2.45) is 11.8 Å². The Morgan fingerprint density at radius 3 is 2.70 bits per heavy atom. The van der Waals surface area contributed by atoms with E-state index in [9.17, 15) is 14.0 Å². The van der Waals surface area contributed by atoms with Crippen LogP contribution in [-0.2, 0) is 9.59 Å². The van der Waals surface area contributed by atoms with Crippen molar-refractivity contribution >= 4 is 17.5 Å². The van der Waals surface area contributed by atoms with E-state index in [1.165, 1.54) is 57.3 Å². The minimum Gasteiger partial charge on any atom is -0.355 e. The quantitative estimate of drug-likeness (QED) is 0.883. The average molecular weight is 373 g/mol. The van der Waals surface area contributed by atoms with Crippen LogP contribution in [0.5, 0.6) is 0 Å². The first kappa shape index (κ1) is 18.4. The molecule has 2 amide bonds. The molecule has 3 atom stereocenters. The predicted octanol–water partition coefficient (Wildman–Crippen LogP) is 2.56. The molecular weight excluding hydrogens is 345 g/mol. The molecule has 4 rings (SSSR count). The Kier molecular flexibility index (Phi) is 5.43. The molecule has 0 aromatic heterocycles. The van der Waals surface area contributed by atoms with Gasteiger partial charge in [0.15, 0.2) is 0 Å². The number of anilines is 1. The number of fused-ring (bicyclic) bond motifs is 1. The highest BCUT2D eigenvalue weighted by molar-refractivity contribution is 6.00.